The van der Waals surface area contributed by atoms with Crippen LogP contribution >= 0.6 is 19.4 Å². The molecule has 4 atom stereocenters. The molecular formula is C14H21N2O8PS. The van der Waals surface area contributed by atoms with Gasteiger partial charge in [-0.25, -0.2) is 14.2 Å². The number of aromatic amines is 1. The fourth-order valence-corrected chi connectivity index (χ4v) is 4.76. The normalized spacial score (nSPS) is 25.0. The van der Waals surface area contributed by atoms with Crippen LogP contribution in [0.1, 0.15) is 31.2 Å². The molecular weight excluding hydrogens is 387 g/mol. The number of aliphatic hydroxyl groups is 1. The van der Waals surface area contributed by atoms with Crippen molar-refractivity contribution in [2.75, 3.05) is 13.2 Å². The molecule has 1 aliphatic rings. The van der Waals surface area contributed by atoms with E-state index >= 15 is 0 Å². The summed E-state index contributed by atoms with van der Waals surface area (Å²) in [5, 5.41) is 9.05. The van der Waals surface area contributed by atoms with E-state index < -0.39 is 41.3 Å². The van der Waals surface area contributed by atoms with E-state index in [-0.39, 0.29) is 19.6 Å². The van der Waals surface area contributed by atoms with Gasteiger partial charge in [0.05, 0.1) is 29.9 Å². The SMILES string of the molecule is CCOC(=O)P(=O)(O)OC[C@H]1S[C@@H](n2cc(CC)c(=O)[nH]c2=O)C[C@@H]1O. The van der Waals surface area contributed by atoms with E-state index in [1.54, 1.807) is 6.92 Å². The van der Waals surface area contributed by atoms with E-state index in [0.717, 1.165) is 11.8 Å². The van der Waals surface area contributed by atoms with Gasteiger partial charge >= 0.3 is 19.0 Å². The first-order valence-corrected chi connectivity index (χ1v) is 10.5. The third-order valence-electron chi connectivity index (χ3n) is 3.85. The average Bonchev–Trinajstić information content (AvgIpc) is 2.94. The molecule has 1 unspecified atom stereocenters. The standard InChI is InChI=1S/C14H21N2O8PS/c1-3-8-6-16(13(19)15-12(8)18)11-5-9(17)10(26-11)7-24-25(21,22)14(20)23-4-2/h6,9-11,17H,3-5,7H2,1-2H3,(H,21,22)(H,15,18,19)/t9-,10+,11+/m0/s1. The van der Waals surface area contributed by atoms with Crippen LogP contribution in [0.2, 0.25) is 0 Å². The Bertz CT molecular complexity index is 822. The number of aliphatic hydroxyl groups excluding tert-OH is 1. The summed E-state index contributed by atoms with van der Waals surface area (Å²) in [6, 6.07) is 0. The molecule has 1 aliphatic heterocycles. The van der Waals surface area contributed by atoms with E-state index in [0.29, 0.717) is 12.0 Å². The van der Waals surface area contributed by atoms with Gasteiger partial charge in [0.1, 0.15) is 0 Å². The smallest absolute Gasteiger partial charge is 0.435 e. The van der Waals surface area contributed by atoms with Gasteiger partial charge in [0.25, 0.3) is 5.56 Å². The summed E-state index contributed by atoms with van der Waals surface area (Å²) in [7, 11) is -4.60. The quantitative estimate of drug-likeness (QED) is 0.558. The molecule has 0 spiro atoms. The zero-order valence-corrected chi connectivity index (χ0v) is 16.0. The number of carbonyl (C=O) groups excluding carboxylic acids is 1. The number of nitrogens with one attached hydrogen (secondary N) is 1. The monoisotopic (exact) mass is 408 g/mol. The fraction of sp³-hybridized carbons (Fsp3) is 0.643. The summed E-state index contributed by atoms with van der Waals surface area (Å²) in [5.74, 6) is 0. The topological polar surface area (TPSA) is 148 Å². The molecule has 146 valence electrons. The summed E-state index contributed by atoms with van der Waals surface area (Å²) < 4.78 is 22.3. The van der Waals surface area contributed by atoms with Crippen LogP contribution in [0.25, 0.3) is 0 Å². The molecule has 12 heteroatoms. The predicted molar refractivity (Wildman–Crippen MR) is 94.5 cm³/mol. The molecule has 3 N–H and O–H groups in total. The van der Waals surface area contributed by atoms with Gasteiger partial charge in [-0.05, 0) is 13.3 Å². The third-order valence-corrected chi connectivity index (χ3v) is 6.47. The maximum absolute atomic E-state index is 12.0. The summed E-state index contributed by atoms with van der Waals surface area (Å²) in [5.41, 5.74) is -1.97. The molecule has 0 aliphatic carbocycles. The Morgan fingerprint density at radius 3 is 2.77 bits per heavy atom. The first-order valence-electron chi connectivity index (χ1n) is 8.02. The molecule has 1 fully saturated rings. The van der Waals surface area contributed by atoms with Crippen molar-refractivity contribution < 1.29 is 28.6 Å². The van der Waals surface area contributed by atoms with Crippen LogP contribution in [0.4, 0.5) is 4.79 Å². The molecule has 26 heavy (non-hydrogen) atoms. The molecule has 0 bridgehead atoms. The number of rotatable bonds is 7. The number of nitrogens with zero attached hydrogens (tertiary/aromatic N) is 1. The Morgan fingerprint density at radius 2 is 2.15 bits per heavy atom. The third kappa shape index (κ3) is 4.66. The van der Waals surface area contributed by atoms with Crippen LogP contribution in [0.3, 0.4) is 0 Å². The van der Waals surface area contributed by atoms with E-state index in [1.165, 1.54) is 17.7 Å². The van der Waals surface area contributed by atoms with Crippen LogP contribution < -0.4 is 11.2 Å². The lowest BCUT2D eigenvalue weighted by atomic mass is 10.2. The van der Waals surface area contributed by atoms with Crippen molar-refractivity contribution in [2.24, 2.45) is 0 Å². The van der Waals surface area contributed by atoms with Crippen LogP contribution in [0.15, 0.2) is 15.8 Å². The lowest BCUT2D eigenvalue weighted by molar-refractivity contribution is 0.132. The number of hydrogen-bond donors (Lipinski definition) is 3. The molecule has 1 aromatic rings. The highest BCUT2D eigenvalue weighted by Gasteiger charge is 2.39. The Morgan fingerprint density at radius 1 is 1.46 bits per heavy atom. The highest BCUT2D eigenvalue weighted by molar-refractivity contribution is 8.00. The van der Waals surface area contributed by atoms with E-state index in [1.807, 2.05) is 0 Å². The van der Waals surface area contributed by atoms with Crippen molar-refractivity contribution in [3.8, 4) is 0 Å². The zero-order valence-electron chi connectivity index (χ0n) is 14.3. The van der Waals surface area contributed by atoms with Crippen molar-refractivity contribution in [1.82, 2.24) is 9.55 Å². The highest BCUT2D eigenvalue weighted by Crippen LogP contribution is 2.47. The van der Waals surface area contributed by atoms with Crippen LogP contribution in [-0.4, -0.2) is 49.8 Å². The molecule has 0 radical (unpaired) electrons. The van der Waals surface area contributed by atoms with Crippen LogP contribution in [-0.2, 0) is 20.2 Å². The summed E-state index contributed by atoms with van der Waals surface area (Å²) in [6.45, 7) is 2.84. The van der Waals surface area contributed by atoms with Crippen LogP contribution in [0, 0.1) is 0 Å². The number of H-pyrrole nitrogens is 1. The molecule has 1 saturated heterocycles. The molecule has 10 nitrogen and oxygen atoms in total. The van der Waals surface area contributed by atoms with Crippen molar-refractivity contribution in [2.45, 2.75) is 43.4 Å². The van der Waals surface area contributed by atoms with E-state index in [9.17, 15) is 28.9 Å². The first-order chi connectivity index (χ1) is 12.2. The number of carbonyl (C=O) groups is 1. The number of aryl methyl sites for hydroxylation is 1. The Labute approximate surface area is 153 Å². The Hall–Kier alpha value is -1.39. The molecule has 0 amide bonds. The van der Waals surface area contributed by atoms with Crippen molar-refractivity contribution in [3.63, 3.8) is 0 Å². The average molecular weight is 408 g/mol. The summed E-state index contributed by atoms with van der Waals surface area (Å²) >= 11 is 1.16. The molecule has 2 rings (SSSR count). The van der Waals surface area contributed by atoms with Crippen molar-refractivity contribution in [3.05, 3.63) is 32.6 Å². The van der Waals surface area contributed by atoms with Gasteiger partial charge in [0.2, 0.25) is 0 Å². The van der Waals surface area contributed by atoms with Gasteiger partial charge in [0.15, 0.2) is 0 Å². The maximum atomic E-state index is 12.0. The van der Waals surface area contributed by atoms with Gasteiger partial charge in [0, 0.05) is 18.2 Å². The predicted octanol–water partition coefficient (Wildman–Crippen LogP) is 0.822. The van der Waals surface area contributed by atoms with E-state index in [4.69, 9.17) is 4.52 Å². The van der Waals surface area contributed by atoms with Gasteiger partial charge in [-0.15, -0.1) is 11.8 Å². The van der Waals surface area contributed by atoms with Crippen molar-refractivity contribution in [1.29, 1.82) is 0 Å². The Kier molecular flexibility index (Phi) is 6.86. The van der Waals surface area contributed by atoms with Gasteiger partial charge < -0.3 is 14.7 Å². The summed E-state index contributed by atoms with van der Waals surface area (Å²) in [4.78, 5) is 46.8. The number of thioether (sulfide) groups is 1. The molecule has 0 aromatic carbocycles. The maximum Gasteiger partial charge on any atom is 0.435 e. The minimum atomic E-state index is -4.60. The van der Waals surface area contributed by atoms with Gasteiger partial charge in [-0.1, -0.05) is 6.92 Å². The Balaban J connectivity index is 2.08. The molecule has 0 saturated carbocycles. The van der Waals surface area contributed by atoms with Crippen molar-refractivity contribution >= 4 is 25.1 Å². The number of ether oxygens (including phenoxy) is 1. The van der Waals surface area contributed by atoms with Crippen LogP contribution in [0.5, 0.6) is 0 Å². The lowest BCUT2D eigenvalue weighted by Gasteiger charge is -2.16. The molecule has 1 aromatic heterocycles. The van der Waals surface area contributed by atoms with Gasteiger partial charge in [-0.3, -0.25) is 18.9 Å². The molecule has 2 heterocycles. The fourth-order valence-electron chi connectivity index (χ4n) is 2.46. The van der Waals surface area contributed by atoms with E-state index in [2.05, 4.69) is 9.72 Å². The minimum Gasteiger partial charge on any atom is -0.457 e. The largest absolute Gasteiger partial charge is 0.457 e. The highest BCUT2D eigenvalue weighted by atomic mass is 32.2. The second kappa shape index (κ2) is 8.53. The zero-order chi connectivity index (χ0) is 19.5. The minimum absolute atomic E-state index is 0.0650. The number of aromatic nitrogens is 2. The second-order valence-electron chi connectivity index (χ2n) is 5.62. The first kappa shape index (κ1) is 20.9. The lowest BCUT2D eigenvalue weighted by Crippen LogP contribution is -2.32. The number of hydrogen-bond acceptors (Lipinski definition) is 8. The second-order valence-corrected chi connectivity index (χ2v) is 8.71. The van der Waals surface area contributed by atoms with Gasteiger partial charge in [-0.2, -0.15) is 0 Å². The summed E-state index contributed by atoms with van der Waals surface area (Å²) in [6.07, 6.45) is 1.15.